The molecule has 0 saturated carbocycles. The van der Waals surface area contributed by atoms with Gasteiger partial charge in [-0.1, -0.05) is 0 Å². The van der Waals surface area contributed by atoms with Crippen LogP contribution in [0, 0.1) is 0 Å². The second-order valence-corrected chi connectivity index (χ2v) is 1.73. The van der Waals surface area contributed by atoms with Gasteiger partial charge in [-0.3, -0.25) is 4.98 Å². The van der Waals surface area contributed by atoms with E-state index < -0.39 is 0 Å². The zero-order valence-electron chi connectivity index (χ0n) is 5.57. The lowest BCUT2D eigenvalue weighted by atomic mass is 10.3. The van der Waals surface area contributed by atoms with E-state index in [0.717, 1.165) is 0 Å². The molecule has 1 heterocycles. The van der Waals surface area contributed by atoms with Crippen molar-refractivity contribution < 1.29 is 9.53 Å². The molecule has 0 saturated heterocycles. The van der Waals surface area contributed by atoms with Crippen LogP contribution < -0.4 is 0 Å². The number of rotatable bonds is 1. The highest BCUT2D eigenvalue weighted by Crippen LogP contribution is 1.96. The van der Waals surface area contributed by atoms with Crippen molar-refractivity contribution in [3.63, 3.8) is 0 Å². The van der Waals surface area contributed by atoms with Crippen molar-refractivity contribution in [3.8, 4) is 0 Å². The molecule has 0 bridgehead atoms. The number of ether oxygens (including phenoxy) is 1. The standard InChI is InChI=1S/C7H7NO2/c1-10-7(9)6-3-2-4-8-5-6/h2-5H,1H3/i1-1. The van der Waals surface area contributed by atoms with Crippen LogP contribution in [-0.4, -0.2) is 18.1 Å². The van der Waals surface area contributed by atoms with Crippen molar-refractivity contribution in [1.82, 2.24) is 4.98 Å². The molecule has 0 aliphatic heterocycles. The minimum absolute atomic E-state index is 0.354. The molecular weight excluding hydrogens is 129 g/mol. The molecular formula is C7H7NO2. The normalized spacial score (nSPS) is 8.90. The molecule has 0 atom stereocenters. The number of carbonyl (C=O) groups is 1. The van der Waals surface area contributed by atoms with E-state index in [1.165, 1.54) is 13.3 Å². The lowest BCUT2D eigenvalue weighted by Crippen LogP contribution is -2.00. The molecule has 3 heteroatoms. The van der Waals surface area contributed by atoms with Crippen molar-refractivity contribution in [1.29, 1.82) is 0 Å². The molecule has 3 nitrogen and oxygen atoms in total. The molecule has 0 spiro atoms. The number of hydrogen-bond acceptors (Lipinski definition) is 3. The minimum Gasteiger partial charge on any atom is -0.465 e. The molecule has 0 aliphatic carbocycles. The number of nitrogens with zero attached hydrogens (tertiary/aromatic N) is 1. The second kappa shape index (κ2) is 2.96. The Bertz CT molecular complexity index is 220. The minimum atomic E-state index is -0.354. The Labute approximate surface area is 58.7 Å². The van der Waals surface area contributed by atoms with Gasteiger partial charge >= 0.3 is 5.97 Å². The summed E-state index contributed by atoms with van der Waals surface area (Å²) in [7, 11) is 1.34. The van der Waals surface area contributed by atoms with E-state index in [1.54, 1.807) is 18.3 Å². The quantitative estimate of drug-likeness (QED) is 0.538. The molecule has 0 radical (unpaired) electrons. The monoisotopic (exact) mass is 136 g/mol. The summed E-state index contributed by atoms with van der Waals surface area (Å²) >= 11 is 0. The van der Waals surface area contributed by atoms with Crippen LogP contribution in [-0.2, 0) is 4.74 Å². The van der Waals surface area contributed by atoms with Gasteiger partial charge in [0.1, 0.15) is 0 Å². The van der Waals surface area contributed by atoms with Gasteiger partial charge in [-0.05, 0) is 12.1 Å². The van der Waals surface area contributed by atoms with Gasteiger partial charge in [0.25, 0.3) is 0 Å². The van der Waals surface area contributed by atoms with Crippen molar-refractivity contribution in [2.75, 3.05) is 7.11 Å². The van der Waals surface area contributed by atoms with E-state index in [-0.39, 0.29) is 5.97 Å². The number of methoxy groups -OCH3 is 1. The Hall–Kier alpha value is -1.38. The van der Waals surface area contributed by atoms with Gasteiger partial charge in [-0.2, -0.15) is 0 Å². The van der Waals surface area contributed by atoms with Crippen molar-refractivity contribution >= 4 is 5.97 Å². The van der Waals surface area contributed by atoms with Crippen molar-refractivity contribution in [3.05, 3.63) is 30.1 Å². The van der Waals surface area contributed by atoms with Gasteiger partial charge < -0.3 is 4.74 Å². The fourth-order valence-corrected chi connectivity index (χ4v) is 0.601. The van der Waals surface area contributed by atoms with Gasteiger partial charge in [0.15, 0.2) is 0 Å². The SMILES string of the molecule is [11CH3]OC(=O)c1cccnc1. The highest BCUT2D eigenvalue weighted by atomic mass is 16.5. The lowest BCUT2D eigenvalue weighted by molar-refractivity contribution is 0.0600. The second-order valence-electron chi connectivity index (χ2n) is 1.73. The zero-order valence-corrected chi connectivity index (χ0v) is 5.57. The molecule has 52 valence electrons. The number of pyridine rings is 1. The third-order valence-corrected chi connectivity index (χ3v) is 1.08. The highest BCUT2D eigenvalue weighted by molar-refractivity contribution is 5.88. The summed E-state index contributed by atoms with van der Waals surface area (Å²) in [4.78, 5) is 14.5. The summed E-state index contributed by atoms with van der Waals surface area (Å²) in [6.07, 6.45) is 3.07. The van der Waals surface area contributed by atoms with E-state index in [4.69, 9.17) is 0 Å². The molecule has 1 rings (SSSR count). The van der Waals surface area contributed by atoms with Crippen molar-refractivity contribution in [2.24, 2.45) is 0 Å². The third-order valence-electron chi connectivity index (χ3n) is 1.08. The first-order valence-electron chi connectivity index (χ1n) is 2.83. The average molecular weight is 136 g/mol. The first kappa shape index (κ1) is 6.74. The smallest absolute Gasteiger partial charge is 0.339 e. The first-order chi connectivity index (χ1) is 4.84. The van der Waals surface area contributed by atoms with Crippen LogP contribution in [0.15, 0.2) is 24.5 Å². The molecule has 0 amide bonds. The van der Waals surface area contributed by atoms with Gasteiger partial charge in [-0.15, -0.1) is 0 Å². The van der Waals surface area contributed by atoms with E-state index in [9.17, 15) is 4.79 Å². The van der Waals surface area contributed by atoms with E-state index in [0.29, 0.717) is 5.56 Å². The first-order valence-corrected chi connectivity index (χ1v) is 2.83. The Balaban J connectivity index is 2.85. The van der Waals surface area contributed by atoms with Gasteiger partial charge in [0, 0.05) is 12.4 Å². The van der Waals surface area contributed by atoms with Gasteiger partial charge in [-0.25, -0.2) is 4.79 Å². The maximum Gasteiger partial charge on any atom is 0.339 e. The Morgan fingerprint density at radius 3 is 3.00 bits per heavy atom. The van der Waals surface area contributed by atoms with Gasteiger partial charge in [0.2, 0.25) is 0 Å². The molecule has 0 fully saturated rings. The van der Waals surface area contributed by atoms with Gasteiger partial charge in [0.05, 0.1) is 12.7 Å². The lowest BCUT2D eigenvalue weighted by Gasteiger charge is -1.94. The van der Waals surface area contributed by atoms with Crippen LogP contribution in [0.4, 0.5) is 0 Å². The average Bonchev–Trinajstić information content (AvgIpc) is 2.05. The van der Waals surface area contributed by atoms with Crippen molar-refractivity contribution in [2.45, 2.75) is 0 Å². The Morgan fingerprint density at radius 1 is 1.70 bits per heavy atom. The third kappa shape index (κ3) is 1.31. The highest BCUT2D eigenvalue weighted by Gasteiger charge is 2.01. The largest absolute Gasteiger partial charge is 0.465 e. The molecule has 0 aromatic carbocycles. The molecule has 1 aromatic heterocycles. The van der Waals surface area contributed by atoms with Crippen LogP contribution in [0.1, 0.15) is 10.4 Å². The van der Waals surface area contributed by atoms with Crippen LogP contribution in [0.5, 0.6) is 0 Å². The topological polar surface area (TPSA) is 39.2 Å². The Kier molecular flexibility index (Phi) is 1.99. The Morgan fingerprint density at radius 2 is 2.50 bits per heavy atom. The molecule has 0 unspecified atom stereocenters. The number of hydrogen-bond donors (Lipinski definition) is 0. The number of carbonyl (C=O) groups excluding carboxylic acids is 1. The maximum absolute atomic E-state index is 10.8. The zero-order chi connectivity index (χ0) is 7.40. The van der Waals surface area contributed by atoms with E-state index in [2.05, 4.69) is 9.72 Å². The summed E-state index contributed by atoms with van der Waals surface area (Å²) in [5.74, 6) is -0.354. The van der Waals surface area contributed by atoms with E-state index in [1.807, 2.05) is 0 Å². The summed E-state index contributed by atoms with van der Waals surface area (Å²) < 4.78 is 4.46. The van der Waals surface area contributed by atoms with Crippen LogP contribution in [0.2, 0.25) is 0 Å². The predicted molar refractivity (Wildman–Crippen MR) is 35.6 cm³/mol. The van der Waals surface area contributed by atoms with Crippen LogP contribution >= 0.6 is 0 Å². The maximum atomic E-state index is 10.8. The predicted octanol–water partition coefficient (Wildman–Crippen LogP) is 0.868. The summed E-state index contributed by atoms with van der Waals surface area (Å²) in [5.41, 5.74) is 0.477. The summed E-state index contributed by atoms with van der Waals surface area (Å²) in [5, 5.41) is 0. The van der Waals surface area contributed by atoms with E-state index >= 15 is 0 Å². The molecule has 0 aliphatic rings. The van der Waals surface area contributed by atoms with Crippen LogP contribution in [0.3, 0.4) is 0 Å². The van der Waals surface area contributed by atoms with Crippen LogP contribution in [0.25, 0.3) is 0 Å². The fraction of sp³-hybridized carbons (Fsp3) is 0.143. The summed E-state index contributed by atoms with van der Waals surface area (Å²) in [6.45, 7) is 0. The molecule has 10 heavy (non-hydrogen) atoms. The fourth-order valence-electron chi connectivity index (χ4n) is 0.601. The summed E-state index contributed by atoms with van der Waals surface area (Å²) in [6, 6.07) is 3.34. The molecule has 0 N–H and O–H groups in total. The molecule has 1 aromatic rings. The number of esters is 1. The number of aromatic nitrogens is 1.